The van der Waals surface area contributed by atoms with Crippen LogP contribution in [0.15, 0.2) is 36.7 Å². The topological polar surface area (TPSA) is 71.2 Å². The van der Waals surface area contributed by atoms with Gasteiger partial charge in [-0.1, -0.05) is 0 Å². The van der Waals surface area contributed by atoms with Crippen LogP contribution in [-0.4, -0.2) is 38.7 Å². The minimum Gasteiger partial charge on any atom is -0.395 e. The van der Waals surface area contributed by atoms with Gasteiger partial charge in [0, 0.05) is 31.5 Å². The number of β-amino-alcohol motifs (C(OH)–C–C–N with tert-alkyl or cyclic N) is 1. The third-order valence-electron chi connectivity index (χ3n) is 4.99. The summed E-state index contributed by atoms with van der Waals surface area (Å²) < 4.78 is 2.03. The van der Waals surface area contributed by atoms with Gasteiger partial charge in [0.05, 0.1) is 28.7 Å². The molecule has 0 saturated heterocycles. The highest BCUT2D eigenvalue weighted by atomic mass is 16.3. The fourth-order valence-corrected chi connectivity index (χ4v) is 3.59. The van der Waals surface area contributed by atoms with Crippen LogP contribution in [0.3, 0.4) is 0 Å². The van der Waals surface area contributed by atoms with E-state index in [2.05, 4.69) is 4.98 Å². The molecule has 3 heterocycles. The number of carbonyl (C=O) groups excluding carboxylic acids is 1. The predicted molar refractivity (Wildman–Crippen MR) is 96.4 cm³/mol. The molecule has 0 radical (unpaired) electrons. The molecule has 25 heavy (non-hydrogen) atoms. The molecule has 128 valence electrons. The number of hydrogen-bond donors (Lipinski definition) is 1. The summed E-state index contributed by atoms with van der Waals surface area (Å²) in [5.74, 6) is 0.851. The molecule has 0 atom stereocenters. The molecule has 0 unspecified atom stereocenters. The second-order valence-corrected chi connectivity index (χ2v) is 6.90. The van der Waals surface area contributed by atoms with E-state index in [1.807, 2.05) is 49.7 Å². The lowest BCUT2D eigenvalue weighted by Crippen LogP contribution is -2.37. The number of carbonyl (C=O) groups is 1. The van der Waals surface area contributed by atoms with Gasteiger partial charge in [-0.3, -0.25) is 9.78 Å². The zero-order chi connectivity index (χ0) is 17.8. The van der Waals surface area contributed by atoms with Crippen LogP contribution in [-0.2, 0) is 17.3 Å². The molecule has 0 aliphatic carbocycles. The molecule has 0 fully saturated rings. The van der Waals surface area contributed by atoms with Crippen LogP contribution in [0, 0.1) is 0 Å². The summed E-state index contributed by atoms with van der Waals surface area (Å²) >= 11 is 0. The van der Waals surface area contributed by atoms with Gasteiger partial charge in [0.2, 0.25) is 5.91 Å². The van der Waals surface area contributed by atoms with E-state index >= 15 is 0 Å². The first-order chi connectivity index (χ1) is 11.9. The molecule has 6 nitrogen and oxygen atoms in total. The number of rotatable bonds is 3. The average molecular weight is 336 g/mol. The number of anilines is 1. The summed E-state index contributed by atoms with van der Waals surface area (Å²) in [5, 5.41) is 9.33. The molecule has 4 rings (SSSR count). The molecule has 1 aliphatic heterocycles. The number of aliphatic hydroxyl groups is 1. The Bertz CT molecular complexity index is 976. The van der Waals surface area contributed by atoms with Gasteiger partial charge in [-0.05, 0) is 43.7 Å². The Morgan fingerprint density at radius 2 is 2.08 bits per heavy atom. The lowest BCUT2D eigenvalue weighted by Gasteiger charge is -2.19. The van der Waals surface area contributed by atoms with Crippen molar-refractivity contribution in [3.05, 3.63) is 42.2 Å². The fraction of sp³-hybridized carbons (Fsp3) is 0.316. The minimum atomic E-state index is -0.614. The molecular formula is C19H20N4O2. The van der Waals surface area contributed by atoms with Gasteiger partial charge in [-0.15, -0.1) is 0 Å². The Labute approximate surface area is 145 Å². The van der Waals surface area contributed by atoms with Crippen molar-refractivity contribution >= 4 is 22.6 Å². The van der Waals surface area contributed by atoms with Crippen LogP contribution < -0.4 is 4.90 Å². The van der Waals surface area contributed by atoms with E-state index in [0.29, 0.717) is 6.54 Å². The van der Waals surface area contributed by atoms with Crippen molar-refractivity contribution in [3.63, 3.8) is 0 Å². The summed E-state index contributed by atoms with van der Waals surface area (Å²) in [4.78, 5) is 23.3. The fourth-order valence-electron chi connectivity index (χ4n) is 3.59. The highest BCUT2D eigenvalue weighted by Gasteiger charge is 2.44. The van der Waals surface area contributed by atoms with Crippen LogP contribution in [0.5, 0.6) is 0 Å². The number of benzene rings is 1. The summed E-state index contributed by atoms with van der Waals surface area (Å²) in [6.07, 6.45) is 3.53. The second kappa shape index (κ2) is 5.39. The Balaban J connectivity index is 1.95. The third-order valence-corrected chi connectivity index (χ3v) is 4.99. The molecule has 1 aliphatic rings. The van der Waals surface area contributed by atoms with E-state index < -0.39 is 5.41 Å². The first kappa shape index (κ1) is 15.8. The van der Waals surface area contributed by atoms with Gasteiger partial charge in [0.15, 0.2) is 0 Å². The monoisotopic (exact) mass is 336 g/mol. The maximum Gasteiger partial charge on any atom is 0.237 e. The van der Waals surface area contributed by atoms with Gasteiger partial charge < -0.3 is 14.6 Å². The predicted octanol–water partition coefficient (Wildman–Crippen LogP) is 2.25. The van der Waals surface area contributed by atoms with Crippen LogP contribution in [0.25, 0.3) is 22.4 Å². The van der Waals surface area contributed by atoms with Crippen molar-refractivity contribution in [3.8, 4) is 11.4 Å². The molecule has 0 saturated carbocycles. The number of aromatic nitrogens is 3. The van der Waals surface area contributed by atoms with Crippen molar-refractivity contribution in [2.24, 2.45) is 7.05 Å². The van der Waals surface area contributed by atoms with Gasteiger partial charge in [0.25, 0.3) is 0 Å². The van der Waals surface area contributed by atoms with Crippen molar-refractivity contribution in [1.82, 2.24) is 14.5 Å². The van der Waals surface area contributed by atoms with E-state index in [9.17, 15) is 9.90 Å². The number of aryl methyl sites for hydroxylation is 1. The van der Waals surface area contributed by atoms with Crippen LogP contribution in [0.2, 0.25) is 0 Å². The van der Waals surface area contributed by atoms with Crippen molar-refractivity contribution in [1.29, 1.82) is 0 Å². The molecule has 3 aromatic rings. The normalized spacial score (nSPS) is 15.8. The number of amides is 1. The summed E-state index contributed by atoms with van der Waals surface area (Å²) in [5.41, 5.74) is 3.95. The largest absolute Gasteiger partial charge is 0.395 e. The van der Waals surface area contributed by atoms with Gasteiger partial charge in [-0.2, -0.15) is 0 Å². The maximum absolute atomic E-state index is 12.7. The minimum absolute atomic E-state index is 0.0133. The SMILES string of the molecule is Cn1c(-c2cccnc2)nc2cc3c(cc21)C(C)(C)C(=O)N3CCO. The molecule has 2 aromatic heterocycles. The quantitative estimate of drug-likeness (QED) is 0.796. The van der Waals surface area contributed by atoms with Gasteiger partial charge >= 0.3 is 0 Å². The van der Waals surface area contributed by atoms with E-state index in [1.165, 1.54) is 0 Å². The smallest absolute Gasteiger partial charge is 0.237 e. The Morgan fingerprint density at radius 3 is 2.76 bits per heavy atom. The molecule has 0 bridgehead atoms. The number of fused-ring (bicyclic) bond motifs is 2. The van der Waals surface area contributed by atoms with Crippen LogP contribution >= 0.6 is 0 Å². The van der Waals surface area contributed by atoms with Gasteiger partial charge in [-0.25, -0.2) is 4.98 Å². The summed E-state index contributed by atoms with van der Waals surface area (Å²) in [6.45, 7) is 4.08. The first-order valence-corrected chi connectivity index (χ1v) is 8.29. The lowest BCUT2D eigenvalue weighted by molar-refractivity contribution is -0.122. The molecular weight excluding hydrogens is 316 g/mol. The Hall–Kier alpha value is -2.73. The average Bonchev–Trinajstić information content (AvgIpc) is 3.03. The van der Waals surface area contributed by atoms with E-state index in [1.54, 1.807) is 17.3 Å². The highest BCUT2D eigenvalue weighted by molar-refractivity contribution is 6.09. The number of imidazole rings is 1. The number of aliphatic hydroxyl groups excluding tert-OH is 1. The summed E-state index contributed by atoms with van der Waals surface area (Å²) in [6, 6.07) is 7.87. The second-order valence-electron chi connectivity index (χ2n) is 6.90. The standard InChI is InChI=1S/C19H20N4O2/c1-19(2)13-9-16-14(10-15(13)23(7-8-24)18(19)25)21-17(22(16)3)12-5-4-6-20-11-12/h4-6,9-11,24H,7-8H2,1-3H3. The zero-order valence-electron chi connectivity index (χ0n) is 14.5. The molecule has 1 N–H and O–H groups in total. The Kier molecular flexibility index (Phi) is 3.40. The highest BCUT2D eigenvalue weighted by Crippen LogP contribution is 2.43. The molecule has 6 heteroatoms. The molecule has 1 amide bonds. The van der Waals surface area contributed by atoms with E-state index in [0.717, 1.165) is 33.7 Å². The lowest BCUT2D eigenvalue weighted by atomic mass is 9.86. The molecule has 0 spiro atoms. The first-order valence-electron chi connectivity index (χ1n) is 8.29. The maximum atomic E-state index is 12.7. The molecule has 1 aromatic carbocycles. The zero-order valence-corrected chi connectivity index (χ0v) is 14.5. The van der Waals surface area contributed by atoms with E-state index in [4.69, 9.17) is 4.98 Å². The summed E-state index contributed by atoms with van der Waals surface area (Å²) in [7, 11) is 1.97. The third kappa shape index (κ3) is 2.17. The number of hydrogen-bond acceptors (Lipinski definition) is 4. The Morgan fingerprint density at radius 1 is 1.28 bits per heavy atom. The van der Waals surface area contributed by atoms with E-state index in [-0.39, 0.29) is 12.5 Å². The van der Waals surface area contributed by atoms with Crippen molar-refractivity contribution in [2.45, 2.75) is 19.3 Å². The van der Waals surface area contributed by atoms with Gasteiger partial charge in [0.1, 0.15) is 5.82 Å². The van der Waals surface area contributed by atoms with Crippen LogP contribution in [0.1, 0.15) is 19.4 Å². The number of pyridine rings is 1. The van der Waals surface area contributed by atoms with Crippen LogP contribution in [0.4, 0.5) is 5.69 Å². The van der Waals surface area contributed by atoms with Crippen molar-refractivity contribution < 1.29 is 9.90 Å². The van der Waals surface area contributed by atoms with Crippen molar-refractivity contribution in [2.75, 3.05) is 18.1 Å². The number of nitrogens with zero attached hydrogens (tertiary/aromatic N) is 4.